The summed E-state index contributed by atoms with van der Waals surface area (Å²) in [5.74, 6) is 0. The fraction of sp³-hybridized carbons (Fsp3) is 0. The van der Waals surface area contributed by atoms with E-state index in [0.717, 1.165) is 10.5 Å². The second kappa shape index (κ2) is 9.01. The fourth-order valence-corrected chi connectivity index (χ4v) is 6.55. The standard InChI is InChI=1S/C25H19OPS/c26-25(20-12-4-1-5-13-20)28-24-19-11-10-18-23(24)27(21-14-6-2-7-15-21)22-16-8-3-9-17-22/h1-19H. The monoisotopic (exact) mass is 398 g/mol. The SMILES string of the molecule is O=C(Sc1ccccc1P(c1ccccc1)c1ccccc1)c1ccccc1. The fourth-order valence-electron chi connectivity index (χ4n) is 3.04. The molecule has 4 aromatic rings. The van der Waals surface area contributed by atoms with Gasteiger partial charge in [-0.3, -0.25) is 4.79 Å². The molecule has 0 N–H and O–H groups in total. The van der Waals surface area contributed by atoms with Crippen molar-refractivity contribution in [3.63, 3.8) is 0 Å². The van der Waals surface area contributed by atoms with Crippen LogP contribution in [0.1, 0.15) is 10.4 Å². The third-order valence-electron chi connectivity index (χ3n) is 4.35. The van der Waals surface area contributed by atoms with Gasteiger partial charge in [-0.15, -0.1) is 0 Å². The first kappa shape index (κ1) is 18.7. The Balaban J connectivity index is 1.77. The number of thioether (sulfide) groups is 1. The number of carbonyl (C=O) groups excluding carboxylic acids is 1. The van der Waals surface area contributed by atoms with E-state index in [4.69, 9.17) is 0 Å². The highest BCUT2D eigenvalue weighted by molar-refractivity contribution is 8.14. The maximum atomic E-state index is 12.8. The van der Waals surface area contributed by atoms with E-state index < -0.39 is 7.92 Å². The molecule has 0 atom stereocenters. The molecule has 0 aliphatic carbocycles. The highest BCUT2D eigenvalue weighted by Crippen LogP contribution is 2.37. The van der Waals surface area contributed by atoms with Crippen molar-refractivity contribution >= 4 is 40.7 Å². The zero-order valence-electron chi connectivity index (χ0n) is 15.2. The largest absolute Gasteiger partial charge is 0.281 e. The van der Waals surface area contributed by atoms with Crippen LogP contribution in [0.3, 0.4) is 0 Å². The molecule has 0 bridgehead atoms. The van der Waals surface area contributed by atoms with Crippen molar-refractivity contribution < 1.29 is 4.79 Å². The smallest absolute Gasteiger partial charge is 0.224 e. The van der Waals surface area contributed by atoms with Crippen LogP contribution in [-0.2, 0) is 0 Å². The zero-order chi connectivity index (χ0) is 19.2. The van der Waals surface area contributed by atoms with Crippen molar-refractivity contribution in [1.82, 2.24) is 0 Å². The third-order valence-corrected chi connectivity index (χ3v) is 8.00. The first-order valence-electron chi connectivity index (χ1n) is 9.09. The van der Waals surface area contributed by atoms with Crippen LogP contribution >= 0.6 is 19.7 Å². The van der Waals surface area contributed by atoms with Gasteiger partial charge < -0.3 is 0 Å². The molecule has 0 saturated heterocycles. The average molecular weight is 398 g/mol. The predicted octanol–water partition coefficient (Wildman–Crippen LogP) is 5.38. The molecule has 0 heterocycles. The van der Waals surface area contributed by atoms with Crippen molar-refractivity contribution in [3.8, 4) is 0 Å². The van der Waals surface area contributed by atoms with Gasteiger partial charge in [0.2, 0.25) is 5.12 Å². The van der Waals surface area contributed by atoms with Crippen LogP contribution in [0.2, 0.25) is 0 Å². The van der Waals surface area contributed by atoms with Crippen LogP contribution in [0, 0.1) is 0 Å². The second-order valence-corrected chi connectivity index (χ2v) is 9.43. The lowest BCUT2D eigenvalue weighted by Crippen LogP contribution is -2.22. The Kier molecular flexibility index (Phi) is 6.01. The third kappa shape index (κ3) is 4.25. The van der Waals surface area contributed by atoms with E-state index >= 15 is 0 Å². The Hall–Kier alpha value is -2.67. The number of benzene rings is 4. The van der Waals surface area contributed by atoms with Crippen LogP contribution in [0.5, 0.6) is 0 Å². The summed E-state index contributed by atoms with van der Waals surface area (Å²) in [5, 5.41) is 3.85. The van der Waals surface area contributed by atoms with Gasteiger partial charge >= 0.3 is 0 Å². The molecule has 0 fully saturated rings. The molecular formula is C25H19OPS. The molecule has 0 unspecified atom stereocenters. The Morgan fingerprint density at radius 2 is 1.04 bits per heavy atom. The predicted molar refractivity (Wildman–Crippen MR) is 122 cm³/mol. The Morgan fingerprint density at radius 1 is 0.571 bits per heavy atom. The normalized spacial score (nSPS) is 10.8. The van der Waals surface area contributed by atoms with Crippen LogP contribution in [0.25, 0.3) is 0 Å². The minimum absolute atomic E-state index is 0.0733. The highest BCUT2D eigenvalue weighted by atomic mass is 32.2. The first-order chi connectivity index (χ1) is 13.8. The summed E-state index contributed by atoms with van der Waals surface area (Å²) in [4.78, 5) is 13.9. The average Bonchev–Trinajstić information content (AvgIpc) is 2.77. The van der Waals surface area contributed by atoms with Gasteiger partial charge in [-0.05, 0) is 41.7 Å². The molecule has 1 nitrogen and oxygen atoms in total. The van der Waals surface area contributed by atoms with Crippen molar-refractivity contribution in [2.45, 2.75) is 4.90 Å². The molecule has 0 aliphatic rings. The highest BCUT2D eigenvalue weighted by Gasteiger charge is 2.21. The minimum atomic E-state index is -0.739. The summed E-state index contributed by atoms with van der Waals surface area (Å²) in [6, 6.07) is 38.9. The topological polar surface area (TPSA) is 17.1 Å². The van der Waals surface area contributed by atoms with Crippen LogP contribution in [-0.4, -0.2) is 5.12 Å². The summed E-state index contributed by atoms with van der Waals surface area (Å²) < 4.78 is 0. The van der Waals surface area contributed by atoms with Crippen LogP contribution in [0.15, 0.2) is 120 Å². The van der Waals surface area contributed by atoms with Gasteiger partial charge in [0.1, 0.15) is 0 Å². The second-order valence-electron chi connectivity index (χ2n) is 6.23. The molecule has 0 radical (unpaired) electrons. The van der Waals surface area contributed by atoms with E-state index in [1.54, 1.807) is 0 Å². The Bertz CT molecular complexity index is 1010. The van der Waals surface area contributed by atoms with E-state index in [9.17, 15) is 4.79 Å². The van der Waals surface area contributed by atoms with Crippen molar-refractivity contribution in [2.75, 3.05) is 0 Å². The zero-order valence-corrected chi connectivity index (χ0v) is 16.9. The number of hydrogen-bond acceptors (Lipinski definition) is 2. The summed E-state index contributed by atoms with van der Waals surface area (Å²) >= 11 is 1.32. The summed E-state index contributed by atoms with van der Waals surface area (Å²) in [5.41, 5.74) is 0.728. The Morgan fingerprint density at radius 3 is 1.61 bits per heavy atom. The lowest BCUT2D eigenvalue weighted by molar-refractivity contribution is 0.108. The molecule has 136 valence electrons. The molecular weight excluding hydrogens is 379 g/mol. The van der Waals surface area contributed by atoms with Crippen LogP contribution < -0.4 is 15.9 Å². The van der Waals surface area contributed by atoms with Crippen LogP contribution in [0.4, 0.5) is 0 Å². The maximum Gasteiger partial charge on any atom is 0.224 e. The van der Waals surface area contributed by atoms with Gasteiger partial charge in [0.15, 0.2) is 0 Å². The lowest BCUT2D eigenvalue weighted by Gasteiger charge is -2.21. The summed E-state index contributed by atoms with van der Waals surface area (Å²) in [6.45, 7) is 0. The quantitative estimate of drug-likeness (QED) is 0.332. The van der Waals surface area contributed by atoms with Crippen molar-refractivity contribution in [3.05, 3.63) is 121 Å². The molecule has 0 saturated carbocycles. The van der Waals surface area contributed by atoms with Gasteiger partial charge in [0, 0.05) is 10.5 Å². The molecule has 4 aromatic carbocycles. The van der Waals surface area contributed by atoms with E-state index in [2.05, 4.69) is 66.7 Å². The van der Waals surface area contributed by atoms with E-state index in [1.165, 1.54) is 27.7 Å². The summed E-state index contributed by atoms with van der Waals surface area (Å²) in [6.07, 6.45) is 0. The van der Waals surface area contributed by atoms with Gasteiger partial charge in [-0.1, -0.05) is 109 Å². The maximum absolute atomic E-state index is 12.8. The van der Waals surface area contributed by atoms with E-state index in [0.29, 0.717) is 0 Å². The lowest BCUT2D eigenvalue weighted by atomic mass is 10.2. The van der Waals surface area contributed by atoms with Gasteiger partial charge in [-0.2, -0.15) is 0 Å². The number of carbonyl (C=O) groups is 1. The van der Waals surface area contributed by atoms with Gasteiger partial charge in [0.25, 0.3) is 0 Å². The van der Waals surface area contributed by atoms with Gasteiger partial charge in [-0.25, -0.2) is 0 Å². The molecule has 0 amide bonds. The molecule has 28 heavy (non-hydrogen) atoms. The number of rotatable bonds is 5. The molecule has 4 rings (SSSR count). The Labute approximate surface area is 171 Å². The van der Waals surface area contributed by atoms with E-state index in [-0.39, 0.29) is 5.12 Å². The number of hydrogen-bond donors (Lipinski definition) is 0. The molecule has 0 spiro atoms. The van der Waals surface area contributed by atoms with Gasteiger partial charge in [0.05, 0.1) is 0 Å². The molecule has 3 heteroatoms. The summed E-state index contributed by atoms with van der Waals surface area (Å²) in [7, 11) is -0.739. The van der Waals surface area contributed by atoms with E-state index in [1.807, 2.05) is 48.5 Å². The first-order valence-corrected chi connectivity index (χ1v) is 11.3. The van der Waals surface area contributed by atoms with Crippen molar-refractivity contribution in [2.24, 2.45) is 0 Å². The molecule has 0 aliphatic heterocycles. The molecule has 0 aromatic heterocycles. The van der Waals surface area contributed by atoms with Crippen molar-refractivity contribution in [1.29, 1.82) is 0 Å². The minimum Gasteiger partial charge on any atom is -0.281 e.